The lowest BCUT2D eigenvalue weighted by Gasteiger charge is -2.08. The Morgan fingerprint density at radius 3 is 2.94 bits per heavy atom. The van der Waals surface area contributed by atoms with Crippen molar-refractivity contribution in [2.75, 3.05) is 5.32 Å². The van der Waals surface area contributed by atoms with Crippen molar-refractivity contribution in [3.05, 3.63) is 47.9 Å². The van der Waals surface area contributed by atoms with Crippen LogP contribution in [0.25, 0.3) is 0 Å². The Hall–Kier alpha value is -1.84. The van der Waals surface area contributed by atoms with Gasteiger partial charge in [-0.05, 0) is 31.0 Å². The first-order valence-electron chi connectivity index (χ1n) is 6.22. The molecule has 18 heavy (non-hydrogen) atoms. The number of hydrogen-bond donors (Lipinski definition) is 1. The van der Waals surface area contributed by atoms with Crippen molar-refractivity contribution in [3.8, 4) is 0 Å². The quantitative estimate of drug-likeness (QED) is 0.874. The van der Waals surface area contributed by atoms with Gasteiger partial charge < -0.3 is 5.32 Å². The highest BCUT2D eigenvalue weighted by atomic mass is 19.1. The van der Waals surface area contributed by atoms with Crippen LogP contribution in [-0.2, 0) is 6.54 Å². The molecule has 96 valence electrons. The average Bonchev–Trinajstić information content (AvgIpc) is 2.84. The summed E-state index contributed by atoms with van der Waals surface area (Å²) in [5.74, 6) is 0.610. The Kier molecular flexibility index (Phi) is 3.97. The predicted octanol–water partition coefficient (Wildman–Crippen LogP) is 3.61. The molecule has 0 saturated carbocycles. The molecule has 0 spiro atoms. The van der Waals surface area contributed by atoms with Crippen molar-refractivity contribution in [1.29, 1.82) is 0 Å². The van der Waals surface area contributed by atoms with E-state index in [1.807, 2.05) is 23.0 Å². The van der Waals surface area contributed by atoms with Gasteiger partial charge in [-0.1, -0.05) is 19.1 Å². The fourth-order valence-electron chi connectivity index (χ4n) is 1.70. The fraction of sp³-hybridized carbons (Fsp3) is 0.357. The van der Waals surface area contributed by atoms with Crippen LogP contribution in [0.2, 0.25) is 0 Å². The predicted molar refractivity (Wildman–Crippen MR) is 71.0 cm³/mol. The molecule has 3 nitrogen and oxygen atoms in total. The third-order valence-electron chi connectivity index (χ3n) is 3.01. The minimum atomic E-state index is -0.209. The van der Waals surface area contributed by atoms with E-state index in [0.717, 1.165) is 17.8 Å². The molecule has 0 aliphatic rings. The molecule has 0 bridgehead atoms. The molecule has 0 aliphatic carbocycles. The molecule has 0 aliphatic heterocycles. The smallest absolute Gasteiger partial charge is 0.148 e. The van der Waals surface area contributed by atoms with Crippen LogP contribution in [0.15, 0.2) is 36.5 Å². The maximum atomic E-state index is 13.0. The number of aromatic nitrogens is 2. The Morgan fingerprint density at radius 2 is 2.22 bits per heavy atom. The number of rotatable bonds is 5. The summed E-state index contributed by atoms with van der Waals surface area (Å²) in [5, 5.41) is 7.62. The second-order valence-corrected chi connectivity index (χ2v) is 4.42. The highest BCUT2D eigenvalue weighted by molar-refractivity contribution is 5.34. The van der Waals surface area contributed by atoms with Crippen molar-refractivity contribution in [1.82, 2.24) is 9.78 Å². The Balaban J connectivity index is 1.96. The first kappa shape index (κ1) is 12.6. The van der Waals surface area contributed by atoms with Gasteiger partial charge in [-0.3, -0.25) is 4.68 Å². The maximum Gasteiger partial charge on any atom is 0.148 e. The number of anilines is 1. The van der Waals surface area contributed by atoms with Gasteiger partial charge >= 0.3 is 0 Å². The monoisotopic (exact) mass is 247 g/mol. The van der Waals surface area contributed by atoms with E-state index in [9.17, 15) is 4.39 Å². The Bertz CT molecular complexity index is 507. The lowest BCUT2D eigenvalue weighted by molar-refractivity contribution is 0.479. The van der Waals surface area contributed by atoms with Gasteiger partial charge in [-0.15, -0.1) is 0 Å². The minimum Gasteiger partial charge on any atom is -0.365 e. The van der Waals surface area contributed by atoms with Gasteiger partial charge in [0.1, 0.15) is 11.6 Å². The zero-order chi connectivity index (χ0) is 13.0. The second kappa shape index (κ2) is 5.67. The fourth-order valence-corrected chi connectivity index (χ4v) is 1.70. The van der Waals surface area contributed by atoms with E-state index in [4.69, 9.17) is 0 Å². The van der Waals surface area contributed by atoms with E-state index in [2.05, 4.69) is 24.3 Å². The molecule has 2 rings (SSSR count). The Morgan fingerprint density at radius 1 is 1.39 bits per heavy atom. The van der Waals surface area contributed by atoms with Crippen molar-refractivity contribution < 1.29 is 4.39 Å². The molecule has 1 N–H and O–H groups in total. The third-order valence-corrected chi connectivity index (χ3v) is 3.01. The van der Waals surface area contributed by atoms with Crippen LogP contribution in [0, 0.1) is 5.82 Å². The number of hydrogen-bond acceptors (Lipinski definition) is 2. The zero-order valence-electron chi connectivity index (χ0n) is 10.7. The molecule has 1 unspecified atom stereocenters. The van der Waals surface area contributed by atoms with E-state index < -0.39 is 0 Å². The van der Waals surface area contributed by atoms with Gasteiger partial charge in [0, 0.05) is 24.8 Å². The van der Waals surface area contributed by atoms with Crippen LogP contribution < -0.4 is 5.32 Å². The highest BCUT2D eigenvalue weighted by Gasteiger charge is 2.04. The van der Waals surface area contributed by atoms with Crippen molar-refractivity contribution >= 4 is 5.82 Å². The molecule has 1 aromatic carbocycles. The molecule has 0 radical (unpaired) electrons. The van der Waals surface area contributed by atoms with Gasteiger partial charge in [0.15, 0.2) is 0 Å². The lowest BCUT2D eigenvalue weighted by atomic mass is 10.2. The minimum absolute atomic E-state index is 0.209. The molecule has 0 saturated heterocycles. The molecular formula is C14H18FN3. The van der Waals surface area contributed by atoms with Crippen LogP contribution in [0.4, 0.5) is 10.2 Å². The molecule has 4 heteroatoms. The van der Waals surface area contributed by atoms with Crippen molar-refractivity contribution in [3.63, 3.8) is 0 Å². The maximum absolute atomic E-state index is 13.0. The lowest BCUT2D eigenvalue weighted by Crippen LogP contribution is -2.06. The number of halogens is 1. The van der Waals surface area contributed by atoms with Crippen LogP contribution >= 0.6 is 0 Å². The molecule has 1 heterocycles. The van der Waals surface area contributed by atoms with E-state index in [-0.39, 0.29) is 5.82 Å². The topological polar surface area (TPSA) is 29.9 Å². The van der Waals surface area contributed by atoms with Gasteiger partial charge in [0.2, 0.25) is 0 Å². The summed E-state index contributed by atoms with van der Waals surface area (Å²) in [6.07, 6.45) is 3.01. The summed E-state index contributed by atoms with van der Waals surface area (Å²) in [4.78, 5) is 0. The van der Waals surface area contributed by atoms with Crippen molar-refractivity contribution in [2.45, 2.75) is 32.9 Å². The first-order chi connectivity index (χ1) is 8.69. The normalized spacial score (nSPS) is 12.4. The molecule has 2 aromatic rings. The summed E-state index contributed by atoms with van der Waals surface area (Å²) in [7, 11) is 0. The molecule has 0 fully saturated rings. The highest BCUT2D eigenvalue weighted by Crippen LogP contribution is 2.13. The largest absolute Gasteiger partial charge is 0.365 e. The molecular weight excluding hydrogens is 229 g/mol. The molecule has 0 amide bonds. The van der Waals surface area contributed by atoms with E-state index in [0.29, 0.717) is 12.6 Å². The van der Waals surface area contributed by atoms with Crippen LogP contribution in [0.5, 0.6) is 0 Å². The molecule has 1 aromatic heterocycles. The number of benzene rings is 1. The molecule has 1 atom stereocenters. The summed E-state index contributed by atoms with van der Waals surface area (Å²) >= 11 is 0. The summed E-state index contributed by atoms with van der Waals surface area (Å²) in [6.45, 7) is 4.84. The van der Waals surface area contributed by atoms with Gasteiger partial charge in [0.05, 0.1) is 0 Å². The average molecular weight is 247 g/mol. The first-order valence-corrected chi connectivity index (χ1v) is 6.22. The SMILES string of the molecule is CCC(C)n1ccc(NCc2cccc(F)c2)n1. The number of nitrogens with one attached hydrogen (secondary N) is 1. The summed E-state index contributed by atoms with van der Waals surface area (Å²) in [6, 6.07) is 8.91. The van der Waals surface area contributed by atoms with Gasteiger partial charge in [-0.2, -0.15) is 5.10 Å². The van der Waals surface area contributed by atoms with Crippen LogP contribution in [0.1, 0.15) is 31.9 Å². The third kappa shape index (κ3) is 3.09. The summed E-state index contributed by atoms with van der Waals surface area (Å²) < 4.78 is 14.9. The van der Waals surface area contributed by atoms with Crippen molar-refractivity contribution in [2.24, 2.45) is 0 Å². The Labute approximate surface area is 107 Å². The van der Waals surface area contributed by atoms with Gasteiger partial charge in [0.25, 0.3) is 0 Å². The van der Waals surface area contributed by atoms with Crippen LogP contribution in [0.3, 0.4) is 0 Å². The van der Waals surface area contributed by atoms with E-state index in [1.54, 1.807) is 6.07 Å². The number of nitrogens with zero attached hydrogens (tertiary/aromatic N) is 2. The van der Waals surface area contributed by atoms with E-state index in [1.165, 1.54) is 12.1 Å². The van der Waals surface area contributed by atoms with Crippen LogP contribution in [-0.4, -0.2) is 9.78 Å². The second-order valence-electron chi connectivity index (χ2n) is 4.42. The summed E-state index contributed by atoms with van der Waals surface area (Å²) in [5.41, 5.74) is 0.910. The zero-order valence-corrected chi connectivity index (χ0v) is 10.7. The standard InChI is InChI=1S/C14H18FN3/c1-3-11(2)18-8-7-14(17-18)16-10-12-5-4-6-13(15)9-12/h4-9,11H,3,10H2,1-2H3,(H,16,17). The van der Waals surface area contributed by atoms with E-state index >= 15 is 0 Å². The van der Waals surface area contributed by atoms with Gasteiger partial charge in [-0.25, -0.2) is 4.39 Å².